The van der Waals surface area contributed by atoms with Crippen LogP contribution >= 0.6 is 0 Å². The molecular formula is C21H36N2O11. The van der Waals surface area contributed by atoms with Gasteiger partial charge in [0.1, 0.15) is 24.9 Å². The van der Waals surface area contributed by atoms with Crippen LogP contribution in [0.2, 0.25) is 0 Å². The first-order valence-corrected chi connectivity index (χ1v) is 10.9. The molecule has 1 saturated heterocycles. The molecular weight excluding hydrogens is 456 g/mol. The lowest BCUT2D eigenvalue weighted by molar-refractivity contribution is -0.297. The number of likely N-dealkylation sites (N-methyl/N-ethyl adjacent to an activating group) is 1. The fourth-order valence-corrected chi connectivity index (χ4v) is 3.06. The highest BCUT2D eigenvalue weighted by Gasteiger charge is 2.54. The molecule has 0 aromatic rings. The largest absolute Gasteiger partial charge is 0.463 e. The lowest BCUT2D eigenvalue weighted by Crippen LogP contribution is -2.67. The molecule has 0 bridgehead atoms. The number of carbonyl (C=O) groups is 4. The van der Waals surface area contributed by atoms with Crippen LogP contribution in [0.15, 0.2) is 0 Å². The highest BCUT2D eigenvalue weighted by atomic mass is 16.7. The SMILES string of the molecule is CC(=O)NC1C(O)CC(O)(C(=O)OCC(=O)N(C)C)OC1C(O)C(O)COC(=O)C(C)C(C)C. The maximum Gasteiger partial charge on any atom is 0.367 e. The number of nitrogens with zero attached hydrogens (tertiary/aromatic N) is 1. The molecule has 7 atom stereocenters. The smallest absolute Gasteiger partial charge is 0.367 e. The maximum absolute atomic E-state index is 12.4. The van der Waals surface area contributed by atoms with Gasteiger partial charge in [-0.25, -0.2) is 4.79 Å². The van der Waals surface area contributed by atoms with Crippen molar-refractivity contribution in [3.63, 3.8) is 0 Å². The van der Waals surface area contributed by atoms with E-state index in [2.05, 4.69) is 5.32 Å². The van der Waals surface area contributed by atoms with Crippen molar-refractivity contribution in [3.05, 3.63) is 0 Å². The van der Waals surface area contributed by atoms with E-state index in [4.69, 9.17) is 14.2 Å². The predicted octanol–water partition coefficient (Wildman–Crippen LogP) is -2.48. The maximum atomic E-state index is 12.4. The Morgan fingerprint density at radius 2 is 1.74 bits per heavy atom. The van der Waals surface area contributed by atoms with Gasteiger partial charge < -0.3 is 44.9 Å². The minimum Gasteiger partial charge on any atom is -0.463 e. The summed E-state index contributed by atoms with van der Waals surface area (Å²) in [6.45, 7) is 5.00. The molecule has 2 amide bonds. The van der Waals surface area contributed by atoms with Gasteiger partial charge in [0, 0.05) is 27.4 Å². The Morgan fingerprint density at radius 1 is 1.15 bits per heavy atom. The topological polar surface area (TPSA) is 192 Å². The average molecular weight is 493 g/mol. The van der Waals surface area contributed by atoms with Gasteiger partial charge >= 0.3 is 11.9 Å². The summed E-state index contributed by atoms with van der Waals surface area (Å²) in [5.74, 6) is -6.54. The first kappa shape index (κ1) is 29.7. The zero-order chi connectivity index (χ0) is 26.4. The van der Waals surface area contributed by atoms with Crippen molar-refractivity contribution in [1.29, 1.82) is 0 Å². The number of amides is 2. The zero-order valence-electron chi connectivity index (χ0n) is 20.3. The summed E-state index contributed by atoms with van der Waals surface area (Å²) in [4.78, 5) is 48.9. The number of hydrogen-bond donors (Lipinski definition) is 5. The second kappa shape index (κ2) is 12.4. The number of rotatable bonds is 10. The molecule has 1 aliphatic rings. The van der Waals surface area contributed by atoms with E-state index >= 15 is 0 Å². The molecule has 7 unspecified atom stereocenters. The molecule has 0 aromatic heterocycles. The van der Waals surface area contributed by atoms with E-state index in [0.29, 0.717) is 0 Å². The molecule has 0 saturated carbocycles. The van der Waals surface area contributed by atoms with Crippen LogP contribution in [-0.4, -0.2) is 113 Å². The number of ether oxygens (including phenoxy) is 3. The summed E-state index contributed by atoms with van der Waals surface area (Å²) in [7, 11) is 2.85. The van der Waals surface area contributed by atoms with Gasteiger partial charge in [-0.1, -0.05) is 20.8 Å². The van der Waals surface area contributed by atoms with Crippen LogP contribution in [-0.2, 0) is 33.4 Å². The third-order valence-electron chi connectivity index (χ3n) is 5.60. The molecule has 0 aromatic carbocycles. The normalized spacial score (nSPS) is 27.3. The van der Waals surface area contributed by atoms with Crippen LogP contribution in [0.3, 0.4) is 0 Å². The molecule has 1 aliphatic heterocycles. The lowest BCUT2D eigenvalue weighted by atomic mass is 9.88. The van der Waals surface area contributed by atoms with Gasteiger partial charge in [0.25, 0.3) is 11.7 Å². The summed E-state index contributed by atoms with van der Waals surface area (Å²) in [6, 6.07) is -1.34. The summed E-state index contributed by atoms with van der Waals surface area (Å²) < 4.78 is 15.1. The Bertz CT molecular complexity index is 744. The highest BCUT2D eigenvalue weighted by molar-refractivity contribution is 5.83. The van der Waals surface area contributed by atoms with Crippen molar-refractivity contribution in [2.45, 2.75) is 70.4 Å². The van der Waals surface area contributed by atoms with E-state index < -0.39 is 85.6 Å². The molecule has 0 spiro atoms. The Balaban J connectivity index is 3.02. The van der Waals surface area contributed by atoms with Crippen LogP contribution < -0.4 is 5.32 Å². The summed E-state index contributed by atoms with van der Waals surface area (Å²) in [5.41, 5.74) is 0. The Morgan fingerprint density at radius 3 is 2.24 bits per heavy atom. The minimum absolute atomic E-state index is 0.0315. The van der Waals surface area contributed by atoms with Crippen molar-refractivity contribution >= 4 is 23.8 Å². The molecule has 0 aliphatic carbocycles. The van der Waals surface area contributed by atoms with Crippen molar-refractivity contribution in [3.8, 4) is 0 Å². The molecule has 13 nitrogen and oxygen atoms in total. The number of nitrogens with one attached hydrogen (secondary N) is 1. The standard InChI is InChI=1S/C21H36N2O11/c1-10(2)11(3)19(29)32-8-14(26)17(28)18-16(22-12(4)24)13(25)7-21(31,34-18)20(30)33-9-15(27)23(5)6/h10-11,13-14,16-18,25-26,28,31H,7-9H2,1-6H3,(H,22,24). The molecule has 196 valence electrons. The van der Waals surface area contributed by atoms with E-state index in [1.807, 2.05) is 0 Å². The van der Waals surface area contributed by atoms with Crippen molar-refractivity contribution in [2.75, 3.05) is 27.3 Å². The van der Waals surface area contributed by atoms with E-state index in [1.165, 1.54) is 14.1 Å². The molecule has 5 N–H and O–H groups in total. The van der Waals surface area contributed by atoms with Gasteiger partial charge in [0.15, 0.2) is 6.61 Å². The van der Waals surface area contributed by atoms with Crippen molar-refractivity contribution in [1.82, 2.24) is 10.2 Å². The lowest BCUT2D eigenvalue weighted by Gasteiger charge is -2.45. The molecule has 1 fully saturated rings. The molecule has 1 rings (SSSR count). The molecule has 0 radical (unpaired) electrons. The third kappa shape index (κ3) is 7.87. The van der Waals surface area contributed by atoms with Crippen LogP contribution in [0.5, 0.6) is 0 Å². The van der Waals surface area contributed by atoms with Gasteiger partial charge in [-0.3, -0.25) is 14.4 Å². The second-order valence-corrected chi connectivity index (χ2v) is 8.95. The fourth-order valence-electron chi connectivity index (χ4n) is 3.06. The summed E-state index contributed by atoms with van der Waals surface area (Å²) in [6.07, 6.45) is -7.77. The first-order valence-electron chi connectivity index (χ1n) is 10.9. The van der Waals surface area contributed by atoms with E-state index in [1.54, 1.807) is 20.8 Å². The van der Waals surface area contributed by atoms with Crippen LogP contribution in [0.4, 0.5) is 0 Å². The molecule has 34 heavy (non-hydrogen) atoms. The van der Waals surface area contributed by atoms with Crippen molar-refractivity contribution < 1.29 is 53.8 Å². The Labute approximate surface area is 198 Å². The van der Waals surface area contributed by atoms with E-state index in [0.717, 1.165) is 11.8 Å². The second-order valence-electron chi connectivity index (χ2n) is 8.95. The Hall–Kier alpha value is -2.32. The minimum atomic E-state index is -2.80. The van der Waals surface area contributed by atoms with Gasteiger partial charge in [0.2, 0.25) is 5.91 Å². The third-order valence-corrected chi connectivity index (χ3v) is 5.60. The summed E-state index contributed by atoms with van der Waals surface area (Å²) in [5, 5.41) is 44.6. The van der Waals surface area contributed by atoms with E-state index in [9.17, 15) is 39.6 Å². The molecule has 1 heterocycles. The van der Waals surface area contributed by atoms with Gasteiger partial charge in [-0.15, -0.1) is 0 Å². The summed E-state index contributed by atoms with van der Waals surface area (Å²) >= 11 is 0. The monoisotopic (exact) mass is 492 g/mol. The number of aliphatic hydroxyl groups excluding tert-OH is 3. The fraction of sp³-hybridized carbons (Fsp3) is 0.810. The quantitative estimate of drug-likeness (QED) is 0.203. The number of aliphatic hydroxyl groups is 4. The first-order chi connectivity index (χ1) is 15.6. The number of carbonyl (C=O) groups excluding carboxylic acids is 4. The zero-order valence-corrected chi connectivity index (χ0v) is 20.3. The van der Waals surface area contributed by atoms with Gasteiger partial charge in [0.05, 0.1) is 18.1 Å². The average Bonchev–Trinajstić information content (AvgIpc) is 2.75. The highest BCUT2D eigenvalue weighted by Crippen LogP contribution is 2.31. The van der Waals surface area contributed by atoms with Crippen LogP contribution in [0, 0.1) is 11.8 Å². The van der Waals surface area contributed by atoms with Gasteiger partial charge in [-0.05, 0) is 5.92 Å². The van der Waals surface area contributed by atoms with Gasteiger partial charge in [-0.2, -0.15) is 0 Å². The molecule has 13 heteroatoms. The predicted molar refractivity (Wildman–Crippen MR) is 115 cm³/mol. The van der Waals surface area contributed by atoms with E-state index in [-0.39, 0.29) is 5.92 Å². The Kier molecular flexibility index (Phi) is 10.8. The number of esters is 2. The van der Waals surface area contributed by atoms with Crippen molar-refractivity contribution in [2.24, 2.45) is 11.8 Å². The number of hydrogen-bond acceptors (Lipinski definition) is 11. The van der Waals surface area contributed by atoms with Crippen LogP contribution in [0.1, 0.15) is 34.1 Å². The van der Waals surface area contributed by atoms with Crippen LogP contribution in [0.25, 0.3) is 0 Å².